The summed E-state index contributed by atoms with van der Waals surface area (Å²) >= 11 is 0. The van der Waals surface area contributed by atoms with Crippen LogP contribution >= 0.6 is 0 Å². The van der Waals surface area contributed by atoms with Crippen molar-refractivity contribution in [2.45, 2.75) is 59.4 Å². The van der Waals surface area contributed by atoms with Crippen LogP contribution in [-0.2, 0) is 19.4 Å². The topological polar surface area (TPSA) is 80.9 Å². The van der Waals surface area contributed by atoms with Crippen molar-refractivity contribution in [1.29, 1.82) is 0 Å². The first-order valence-corrected chi connectivity index (χ1v) is 10.7. The van der Waals surface area contributed by atoms with Gasteiger partial charge in [-0.05, 0) is 36.5 Å². The minimum absolute atomic E-state index is 0.208. The smallest absolute Gasteiger partial charge is 0.337 e. The molecular weight excluding hydrogens is 376 g/mol. The highest BCUT2D eigenvalue weighted by atomic mass is 16.4. The van der Waals surface area contributed by atoms with Crippen molar-refractivity contribution < 1.29 is 9.90 Å². The second-order valence-electron chi connectivity index (χ2n) is 8.03. The number of hydrogen-bond acceptors (Lipinski definition) is 4. The molecule has 0 atom stereocenters. The summed E-state index contributed by atoms with van der Waals surface area (Å²) in [5.74, 6) is 1.57. The van der Waals surface area contributed by atoms with E-state index < -0.39 is 5.97 Å². The monoisotopic (exact) mass is 406 g/mol. The molecule has 0 saturated carbocycles. The molecule has 158 valence electrons. The first-order chi connectivity index (χ1) is 14.5. The number of unbranched alkanes of at least 4 members (excludes halogenated alkanes) is 1. The maximum atomic E-state index is 11.5. The molecule has 0 fully saturated rings. The number of benzene rings is 1. The number of aromatic nitrogens is 4. The zero-order chi connectivity index (χ0) is 21.5. The van der Waals surface area contributed by atoms with E-state index in [0.29, 0.717) is 18.0 Å². The van der Waals surface area contributed by atoms with E-state index in [0.717, 1.165) is 55.0 Å². The zero-order valence-electron chi connectivity index (χ0n) is 18.0. The van der Waals surface area contributed by atoms with Crippen LogP contribution in [-0.4, -0.2) is 30.8 Å². The third kappa shape index (κ3) is 5.53. The Labute approximate surface area is 178 Å². The van der Waals surface area contributed by atoms with Crippen LogP contribution < -0.4 is 0 Å². The first-order valence-electron chi connectivity index (χ1n) is 10.7. The van der Waals surface area contributed by atoms with Crippen LogP contribution in [0.4, 0.5) is 0 Å². The van der Waals surface area contributed by atoms with Gasteiger partial charge >= 0.3 is 5.97 Å². The summed E-state index contributed by atoms with van der Waals surface area (Å²) < 4.78 is 2.05. The molecule has 0 aliphatic rings. The molecule has 3 rings (SSSR count). The van der Waals surface area contributed by atoms with Crippen LogP contribution in [0.2, 0.25) is 0 Å². The third-order valence-electron chi connectivity index (χ3n) is 5.09. The second kappa shape index (κ2) is 10.1. The van der Waals surface area contributed by atoms with Crippen molar-refractivity contribution in [1.82, 2.24) is 19.7 Å². The molecule has 30 heavy (non-hydrogen) atoms. The molecule has 0 saturated heterocycles. The molecule has 3 aromatic rings. The van der Waals surface area contributed by atoms with Gasteiger partial charge in [-0.15, -0.1) is 0 Å². The number of carboxylic acid groups (broad SMARTS) is 1. The summed E-state index contributed by atoms with van der Waals surface area (Å²) in [7, 11) is 0. The number of aryl methyl sites for hydroxylation is 2. The van der Waals surface area contributed by atoms with Gasteiger partial charge in [-0.3, -0.25) is 4.98 Å². The predicted molar refractivity (Wildman–Crippen MR) is 118 cm³/mol. The molecule has 2 aromatic heterocycles. The Kier molecular flexibility index (Phi) is 7.33. The summed E-state index contributed by atoms with van der Waals surface area (Å²) in [6.07, 6.45) is 6.50. The van der Waals surface area contributed by atoms with Gasteiger partial charge in [0.25, 0.3) is 0 Å². The van der Waals surface area contributed by atoms with Gasteiger partial charge in [-0.25, -0.2) is 14.5 Å². The van der Waals surface area contributed by atoms with Crippen LogP contribution in [0.25, 0.3) is 11.3 Å². The van der Waals surface area contributed by atoms with E-state index >= 15 is 0 Å². The quantitative estimate of drug-likeness (QED) is 0.511. The summed E-state index contributed by atoms with van der Waals surface area (Å²) in [4.78, 5) is 20.5. The Balaban J connectivity index is 1.80. The Morgan fingerprint density at radius 1 is 1.17 bits per heavy atom. The van der Waals surface area contributed by atoms with E-state index in [9.17, 15) is 9.90 Å². The largest absolute Gasteiger partial charge is 0.478 e. The fraction of sp³-hybridized carbons (Fsp3) is 0.417. The molecule has 0 unspecified atom stereocenters. The number of carbonyl (C=O) groups is 1. The van der Waals surface area contributed by atoms with E-state index in [2.05, 4.69) is 25.8 Å². The summed E-state index contributed by atoms with van der Waals surface area (Å²) in [5, 5.41) is 14.1. The number of aromatic carboxylic acids is 1. The number of carboxylic acids is 1. The predicted octanol–water partition coefficient (Wildman–Crippen LogP) is 5.02. The minimum atomic E-state index is -0.972. The first kappa shape index (κ1) is 21.7. The van der Waals surface area contributed by atoms with Crippen molar-refractivity contribution in [2.24, 2.45) is 5.92 Å². The van der Waals surface area contributed by atoms with E-state index in [1.165, 1.54) is 0 Å². The number of pyridine rings is 1. The van der Waals surface area contributed by atoms with Crippen LogP contribution in [0.15, 0.2) is 42.6 Å². The van der Waals surface area contributed by atoms with Gasteiger partial charge in [-0.2, -0.15) is 5.10 Å². The van der Waals surface area contributed by atoms with Gasteiger partial charge in [0.15, 0.2) is 5.82 Å². The SMILES string of the molecule is CCCCn1nc(CCC(C)C)nc1Cc1ccc(-c2ncccc2C(=O)O)cc1. The van der Waals surface area contributed by atoms with Gasteiger partial charge in [0.1, 0.15) is 5.82 Å². The molecule has 6 heteroatoms. The van der Waals surface area contributed by atoms with E-state index in [1.54, 1.807) is 18.3 Å². The molecule has 1 N–H and O–H groups in total. The fourth-order valence-electron chi connectivity index (χ4n) is 3.34. The standard InChI is InChI=1S/C24H30N4O2/c1-4-5-15-28-22(26-21(27-28)13-8-17(2)3)16-18-9-11-19(12-10-18)23-20(24(29)30)7-6-14-25-23/h6-7,9-12,14,17H,4-5,8,13,15-16H2,1-3H3,(H,29,30). The maximum Gasteiger partial charge on any atom is 0.337 e. The lowest BCUT2D eigenvalue weighted by atomic mass is 10.0. The molecule has 1 aromatic carbocycles. The minimum Gasteiger partial charge on any atom is -0.478 e. The van der Waals surface area contributed by atoms with Crippen molar-refractivity contribution in [3.05, 3.63) is 65.4 Å². The van der Waals surface area contributed by atoms with Crippen molar-refractivity contribution in [3.63, 3.8) is 0 Å². The highest BCUT2D eigenvalue weighted by Gasteiger charge is 2.14. The summed E-state index contributed by atoms with van der Waals surface area (Å²) in [6.45, 7) is 7.49. The van der Waals surface area contributed by atoms with Crippen molar-refractivity contribution in [3.8, 4) is 11.3 Å². The lowest BCUT2D eigenvalue weighted by molar-refractivity contribution is 0.0697. The highest BCUT2D eigenvalue weighted by Crippen LogP contribution is 2.22. The lowest BCUT2D eigenvalue weighted by Crippen LogP contribution is -2.06. The molecule has 0 bridgehead atoms. The van der Waals surface area contributed by atoms with Crippen LogP contribution in [0.1, 0.15) is 67.6 Å². The fourth-order valence-corrected chi connectivity index (χ4v) is 3.34. The van der Waals surface area contributed by atoms with Gasteiger partial charge in [0.2, 0.25) is 0 Å². The number of hydrogen-bond donors (Lipinski definition) is 1. The van der Waals surface area contributed by atoms with E-state index in [4.69, 9.17) is 10.1 Å². The summed E-state index contributed by atoms with van der Waals surface area (Å²) in [5.41, 5.74) is 2.60. The Bertz CT molecular complexity index is 977. The number of rotatable bonds is 10. The average Bonchev–Trinajstić information content (AvgIpc) is 3.12. The molecule has 6 nitrogen and oxygen atoms in total. The van der Waals surface area contributed by atoms with E-state index in [1.807, 2.05) is 28.9 Å². The van der Waals surface area contributed by atoms with E-state index in [-0.39, 0.29) is 5.56 Å². The highest BCUT2D eigenvalue weighted by molar-refractivity contribution is 5.94. The molecule has 0 aliphatic carbocycles. The van der Waals surface area contributed by atoms with Crippen molar-refractivity contribution >= 4 is 5.97 Å². The van der Waals surface area contributed by atoms with Crippen molar-refractivity contribution in [2.75, 3.05) is 0 Å². The van der Waals surface area contributed by atoms with Crippen LogP contribution in [0, 0.1) is 5.92 Å². The van der Waals surface area contributed by atoms with Crippen LogP contribution in [0.3, 0.4) is 0 Å². The third-order valence-corrected chi connectivity index (χ3v) is 5.09. The molecule has 2 heterocycles. The van der Waals surface area contributed by atoms with Gasteiger partial charge in [0, 0.05) is 31.1 Å². The second-order valence-corrected chi connectivity index (χ2v) is 8.03. The Hall–Kier alpha value is -3.02. The Morgan fingerprint density at radius 2 is 1.93 bits per heavy atom. The Morgan fingerprint density at radius 3 is 2.60 bits per heavy atom. The van der Waals surface area contributed by atoms with Gasteiger partial charge in [0.05, 0.1) is 11.3 Å². The molecular formula is C24H30N4O2. The average molecular weight is 407 g/mol. The normalized spacial score (nSPS) is 11.2. The maximum absolute atomic E-state index is 11.5. The number of nitrogens with zero attached hydrogens (tertiary/aromatic N) is 4. The molecule has 0 spiro atoms. The molecule has 0 aliphatic heterocycles. The summed E-state index contributed by atoms with van der Waals surface area (Å²) in [6, 6.07) is 11.1. The van der Waals surface area contributed by atoms with Gasteiger partial charge in [-0.1, -0.05) is 51.5 Å². The van der Waals surface area contributed by atoms with Gasteiger partial charge < -0.3 is 5.11 Å². The van der Waals surface area contributed by atoms with Crippen LogP contribution in [0.5, 0.6) is 0 Å². The molecule has 0 amide bonds. The molecule has 0 radical (unpaired) electrons. The zero-order valence-corrected chi connectivity index (χ0v) is 18.0. The lowest BCUT2D eigenvalue weighted by Gasteiger charge is -2.08.